The van der Waals surface area contributed by atoms with Crippen LogP contribution >= 0.6 is 22.9 Å². The summed E-state index contributed by atoms with van der Waals surface area (Å²) in [5, 5.41) is 12.6. The molecule has 0 atom stereocenters. The van der Waals surface area contributed by atoms with Crippen LogP contribution in [0.3, 0.4) is 0 Å². The van der Waals surface area contributed by atoms with E-state index in [1.807, 2.05) is 17.5 Å². The van der Waals surface area contributed by atoms with Crippen LogP contribution in [0.5, 0.6) is 0 Å². The lowest BCUT2D eigenvalue weighted by Crippen LogP contribution is -2.01. The molecule has 6 heteroatoms. The number of hydrogen-bond acceptors (Lipinski definition) is 3. The lowest BCUT2D eigenvalue weighted by Gasteiger charge is -2.08. The molecule has 102 valence electrons. The fourth-order valence-corrected chi connectivity index (χ4v) is 2.83. The van der Waals surface area contributed by atoms with E-state index in [9.17, 15) is 4.39 Å². The number of aromatic nitrogens is 2. The van der Waals surface area contributed by atoms with E-state index < -0.39 is 0 Å². The van der Waals surface area contributed by atoms with E-state index in [0.717, 1.165) is 16.1 Å². The van der Waals surface area contributed by atoms with Gasteiger partial charge < -0.3 is 5.32 Å². The number of H-pyrrole nitrogens is 1. The molecule has 0 bridgehead atoms. The Morgan fingerprint density at radius 3 is 3.05 bits per heavy atom. The van der Waals surface area contributed by atoms with Gasteiger partial charge in [0.05, 0.1) is 22.5 Å². The van der Waals surface area contributed by atoms with Crippen LogP contribution in [0.1, 0.15) is 5.56 Å². The summed E-state index contributed by atoms with van der Waals surface area (Å²) < 4.78 is 13.6. The van der Waals surface area contributed by atoms with Crippen molar-refractivity contribution in [2.45, 2.75) is 6.54 Å². The highest BCUT2D eigenvalue weighted by molar-refractivity contribution is 7.13. The van der Waals surface area contributed by atoms with Crippen LogP contribution in [0.15, 0.2) is 41.9 Å². The highest BCUT2D eigenvalue weighted by Gasteiger charge is 2.09. The summed E-state index contributed by atoms with van der Waals surface area (Å²) in [7, 11) is 0. The van der Waals surface area contributed by atoms with Gasteiger partial charge in [0, 0.05) is 17.1 Å². The maximum absolute atomic E-state index is 13.6. The SMILES string of the molecule is Fc1ccc(Cl)cc1NCc1cn[nH]c1-c1cccs1. The van der Waals surface area contributed by atoms with Gasteiger partial charge >= 0.3 is 0 Å². The summed E-state index contributed by atoms with van der Waals surface area (Å²) in [6, 6.07) is 8.44. The third kappa shape index (κ3) is 2.69. The molecule has 20 heavy (non-hydrogen) atoms. The third-order valence-electron chi connectivity index (χ3n) is 2.88. The molecule has 2 N–H and O–H groups in total. The summed E-state index contributed by atoms with van der Waals surface area (Å²) in [6.07, 6.45) is 1.74. The quantitative estimate of drug-likeness (QED) is 0.743. The standard InChI is InChI=1S/C14H11ClFN3S/c15-10-3-4-11(16)12(6-10)17-7-9-8-18-19-14(9)13-2-1-5-20-13/h1-6,8,17H,7H2,(H,18,19). The molecule has 1 aromatic carbocycles. The summed E-state index contributed by atoms with van der Waals surface area (Å²) in [5.41, 5.74) is 2.32. The molecule has 0 spiro atoms. The van der Waals surface area contributed by atoms with Crippen molar-refractivity contribution in [1.82, 2.24) is 10.2 Å². The van der Waals surface area contributed by atoms with E-state index in [0.29, 0.717) is 17.3 Å². The van der Waals surface area contributed by atoms with Crippen molar-refractivity contribution in [2.75, 3.05) is 5.32 Å². The molecule has 0 saturated carbocycles. The van der Waals surface area contributed by atoms with Gasteiger partial charge in [0.15, 0.2) is 0 Å². The smallest absolute Gasteiger partial charge is 0.146 e. The van der Waals surface area contributed by atoms with Gasteiger partial charge in [-0.05, 0) is 29.6 Å². The number of benzene rings is 1. The number of nitrogens with zero attached hydrogens (tertiary/aromatic N) is 1. The van der Waals surface area contributed by atoms with E-state index in [-0.39, 0.29) is 5.82 Å². The minimum Gasteiger partial charge on any atom is -0.378 e. The van der Waals surface area contributed by atoms with Crippen molar-refractivity contribution >= 4 is 28.6 Å². The number of hydrogen-bond donors (Lipinski definition) is 2. The largest absolute Gasteiger partial charge is 0.378 e. The highest BCUT2D eigenvalue weighted by atomic mass is 35.5. The van der Waals surface area contributed by atoms with Gasteiger partial charge in [0.25, 0.3) is 0 Å². The van der Waals surface area contributed by atoms with Crippen molar-refractivity contribution < 1.29 is 4.39 Å². The van der Waals surface area contributed by atoms with Crippen molar-refractivity contribution in [1.29, 1.82) is 0 Å². The predicted octanol–water partition coefficient (Wildman–Crippen LogP) is 4.54. The molecule has 3 aromatic rings. The summed E-state index contributed by atoms with van der Waals surface area (Å²) in [6.45, 7) is 0.473. The molecule has 0 aliphatic rings. The summed E-state index contributed by atoms with van der Waals surface area (Å²) >= 11 is 7.49. The molecule has 0 aliphatic heterocycles. The van der Waals surface area contributed by atoms with E-state index >= 15 is 0 Å². The van der Waals surface area contributed by atoms with Crippen molar-refractivity contribution in [3.05, 3.63) is 58.3 Å². The molecule has 0 unspecified atom stereocenters. The van der Waals surface area contributed by atoms with Gasteiger partial charge in [-0.2, -0.15) is 5.10 Å². The highest BCUT2D eigenvalue weighted by Crippen LogP contribution is 2.27. The molecule has 0 aliphatic carbocycles. The van der Waals surface area contributed by atoms with Gasteiger partial charge in [-0.25, -0.2) is 4.39 Å². The minimum absolute atomic E-state index is 0.324. The molecule has 3 rings (SSSR count). The summed E-state index contributed by atoms with van der Waals surface area (Å²) in [5.74, 6) is -0.324. The average Bonchev–Trinajstić information content (AvgIpc) is 3.09. The second-order valence-corrected chi connectivity index (χ2v) is 5.61. The Hall–Kier alpha value is -1.85. The molecule has 0 radical (unpaired) electrons. The summed E-state index contributed by atoms with van der Waals surface area (Å²) in [4.78, 5) is 1.10. The molecule has 2 heterocycles. The first-order chi connectivity index (χ1) is 9.74. The molecular weight excluding hydrogens is 297 g/mol. The fraction of sp³-hybridized carbons (Fsp3) is 0.0714. The number of aromatic amines is 1. The Labute approximate surface area is 124 Å². The van der Waals surface area contributed by atoms with Gasteiger partial charge in [-0.3, -0.25) is 5.10 Å². The zero-order chi connectivity index (χ0) is 13.9. The maximum atomic E-state index is 13.6. The van der Waals surface area contributed by atoms with Crippen molar-refractivity contribution in [2.24, 2.45) is 0 Å². The van der Waals surface area contributed by atoms with Crippen LogP contribution in [0.4, 0.5) is 10.1 Å². The number of rotatable bonds is 4. The lowest BCUT2D eigenvalue weighted by atomic mass is 10.2. The normalized spacial score (nSPS) is 10.7. The zero-order valence-corrected chi connectivity index (χ0v) is 11.9. The van der Waals surface area contributed by atoms with E-state index in [1.54, 1.807) is 23.6 Å². The molecular formula is C14H11ClFN3S. The second kappa shape index (κ2) is 5.64. The Balaban J connectivity index is 1.79. The van der Waals surface area contributed by atoms with Crippen molar-refractivity contribution in [3.63, 3.8) is 0 Å². The number of halogens is 2. The number of nitrogens with one attached hydrogen (secondary N) is 2. The van der Waals surface area contributed by atoms with Gasteiger partial charge in [-0.1, -0.05) is 17.7 Å². The maximum Gasteiger partial charge on any atom is 0.146 e. The molecule has 0 saturated heterocycles. The lowest BCUT2D eigenvalue weighted by molar-refractivity contribution is 0.630. The zero-order valence-electron chi connectivity index (χ0n) is 10.4. The second-order valence-electron chi connectivity index (χ2n) is 4.23. The number of thiophene rings is 1. The Morgan fingerprint density at radius 1 is 1.35 bits per heavy atom. The predicted molar refractivity (Wildman–Crippen MR) is 80.6 cm³/mol. The first-order valence-electron chi connectivity index (χ1n) is 5.99. The topological polar surface area (TPSA) is 40.7 Å². The van der Waals surface area contributed by atoms with Crippen LogP contribution in [0.25, 0.3) is 10.6 Å². The first-order valence-corrected chi connectivity index (χ1v) is 7.25. The van der Waals surface area contributed by atoms with Crippen LogP contribution in [-0.4, -0.2) is 10.2 Å². The molecule has 0 amide bonds. The van der Waals surface area contributed by atoms with Gasteiger partial charge in [-0.15, -0.1) is 11.3 Å². The third-order valence-corrected chi connectivity index (χ3v) is 4.01. The molecule has 2 aromatic heterocycles. The molecule has 0 fully saturated rings. The Morgan fingerprint density at radius 2 is 2.25 bits per heavy atom. The first kappa shape index (κ1) is 13.1. The van der Waals surface area contributed by atoms with Gasteiger partial charge in [0.2, 0.25) is 0 Å². The fourth-order valence-electron chi connectivity index (χ4n) is 1.90. The van der Waals surface area contributed by atoms with Crippen LogP contribution in [0.2, 0.25) is 5.02 Å². The average molecular weight is 308 g/mol. The van der Waals surface area contributed by atoms with Crippen LogP contribution in [-0.2, 0) is 6.54 Å². The van der Waals surface area contributed by atoms with Gasteiger partial charge in [0.1, 0.15) is 5.82 Å². The minimum atomic E-state index is -0.324. The monoisotopic (exact) mass is 307 g/mol. The Kier molecular flexibility index (Phi) is 3.71. The van der Waals surface area contributed by atoms with E-state index in [4.69, 9.17) is 11.6 Å². The van der Waals surface area contributed by atoms with E-state index in [2.05, 4.69) is 15.5 Å². The van der Waals surface area contributed by atoms with E-state index in [1.165, 1.54) is 12.1 Å². The number of anilines is 1. The van der Waals surface area contributed by atoms with Crippen LogP contribution in [0, 0.1) is 5.82 Å². The van der Waals surface area contributed by atoms with Crippen LogP contribution < -0.4 is 5.32 Å². The Bertz CT molecular complexity index is 709. The van der Waals surface area contributed by atoms with Crippen molar-refractivity contribution in [3.8, 4) is 10.6 Å². The molecule has 3 nitrogen and oxygen atoms in total.